The summed E-state index contributed by atoms with van der Waals surface area (Å²) in [6.07, 6.45) is 1.29. The molecule has 6 nitrogen and oxygen atoms in total. The van der Waals surface area contributed by atoms with Gasteiger partial charge in [0.05, 0.1) is 19.0 Å². The predicted octanol–water partition coefficient (Wildman–Crippen LogP) is 1.32. The van der Waals surface area contributed by atoms with Crippen molar-refractivity contribution < 1.29 is 13.3 Å². The molecule has 0 fully saturated rings. The normalized spacial score (nSPS) is 13.3. The Kier molecular flexibility index (Phi) is 3.95. The van der Waals surface area contributed by atoms with E-state index in [1.165, 1.54) is 13.3 Å². The van der Waals surface area contributed by atoms with Gasteiger partial charge < -0.3 is 0 Å². The van der Waals surface area contributed by atoms with Gasteiger partial charge in [-0.1, -0.05) is 25.2 Å². The summed E-state index contributed by atoms with van der Waals surface area (Å²) in [5, 5.41) is 6.32. The number of aromatic amines is 1. The summed E-state index contributed by atoms with van der Waals surface area (Å²) in [4.78, 5) is 5.12. The second kappa shape index (κ2) is 4.75. The van der Waals surface area contributed by atoms with Crippen LogP contribution in [0.15, 0.2) is 11.1 Å². The highest BCUT2D eigenvalue weighted by Crippen LogP contribution is 2.23. The van der Waals surface area contributed by atoms with Crippen LogP contribution in [-0.4, -0.2) is 36.7 Å². The van der Waals surface area contributed by atoms with E-state index >= 15 is 0 Å². The van der Waals surface area contributed by atoms with Crippen molar-refractivity contribution in [2.75, 3.05) is 13.7 Å². The van der Waals surface area contributed by atoms with Crippen molar-refractivity contribution in [2.24, 2.45) is 5.41 Å². The molecule has 0 aromatic carbocycles. The fraction of sp³-hybridized carbons (Fsp3) is 0.700. The molecule has 0 saturated heterocycles. The van der Waals surface area contributed by atoms with E-state index in [-0.39, 0.29) is 16.9 Å². The number of H-pyrrole nitrogens is 1. The van der Waals surface area contributed by atoms with E-state index in [1.807, 2.05) is 20.8 Å². The molecule has 0 atom stereocenters. The van der Waals surface area contributed by atoms with Gasteiger partial charge in [0.25, 0.3) is 10.0 Å². The molecular formula is C10H19N3O3S. The summed E-state index contributed by atoms with van der Waals surface area (Å²) in [5.41, 5.74) is 0.307. The Morgan fingerprint density at radius 3 is 2.41 bits per heavy atom. The maximum absolute atomic E-state index is 12.3. The largest absolute Gasteiger partial charge is 0.287 e. The van der Waals surface area contributed by atoms with E-state index in [0.717, 1.165) is 4.47 Å². The Morgan fingerprint density at radius 1 is 1.47 bits per heavy atom. The quantitative estimate of drug-likeness (QED) is 0.829. The summed E-state index contributed by atoms with van der Waals surface area (Å²) in [5.74, 6) is 0. The van der Waals surface area contributed by atoms with Crippen LogP contribution in [0.3, 0.4) is 0 Å². The second-order valence-corrected chi connectivity index (χ2v) is 6.87. The van der Waals surface area contributed by atoms with Gasteiger partial charge in [0.1, 0.15) is 4.90 Å². The zero-order chi connectivity index (χ0) is 13.3. The van der Waals surface area contributed by atoms with Gasteiger partial charge in [-0.2, -0.15) is 5.10 Å². The maximum Gasteiger partial charge on any atom is 0.268 e. The van der Waals surface area contributed by atoms with Gasteiger partial charge in [-0.15, -0.1) is 0 Å². The van der Waals surface area contributed by atoms with Gasteiger partial charge in [0.15, 0.2) is 0 Å². The highest BCUT2D eigenvalue weighted by Gasteiger charge is 2.31. The highest BCUT2D eigenvalue weighted by atomic mass is 32.2. The van der Waals surface area contributed by atoms with Gasteiger partial charge in [-0.05, 0) is 12.3 Å². The first-order valence-electron chi connectivity index (χ1n) is 5.25. The molecule has 0 aliphatic carbocycles. The van der Waals surface area contributed by atoms with E-state index in [1.54, 1.807) is 6.92 Å². The molecule has 1 aromatic rings. The van der Waals surface area contributed by atoms with Gasteiger partial charge in [-0.3, -0.25) is 9.94 Å². The van der Waals surface area contributed by atoms with Crippen molar-refractivity contribution >= 4 is 10.0 Å². The lowest BCUT2D eigenvalue weighted by Gasteiger charge is -2.26. The fourth-order valence-corrected chi connectivity index (χ4v) is 2.94. The molecular weight excluding hydrogens is 242 g/mol. The molecule has 1 aromatic heterocycles. The van der Waals surface area contributed by atoms with E-state index < -0.39 is 10.0 Å². The summed E-state index contributed by atoms with van der Waals surface area (Å²) in [6.45, 7) is 7.76. The van der Waals surface area contributed by atoms with Crippen LogP contribution in [0.2, 0.25) is 0 Å². The van der Waals surface area contributed by atoms with Crippen molar-refractivity contribution in [3.05, 3.63) is 11.9 Å². The number of hydroxylamine groups is 1. The lowest BCUT2D eigenvalue weighted by molar-refractivity contribution is -0.0672. The van der Waals surface area contributed by atoms with Crippen molar-refractivity contribution in [3.8, 4) is 0 Å². The lowest BCUT2D eigenvalue weighted by atomic mass is 9.98. The summed E-state index contributed by atoms with van der Waals surface area (Å²) in [6, 6.07) is 0. The van der Waals surface area contributed by atoms with Gasteiger partial charge >= 0.3 is 0 Å². The van der Waals surface area contributed by atoms with Crippen LogP contribution in [0.25, 0.3) is 0 Å². The van der Waals surface area contributed by atoms with Gasteiger partial charge in [0.2, 0.25) is 0 Å². The maximum atomic E-state index is 12.3. The average Bonchev–Trinajstić information content (AvgIpc) is 2.59. The predicted molar refractivity (Wildman–Crippen MR) is 63.7 cm³/mol. The molecule has 98 valence electrons. The molecule has 7 heteroatoms. The number of hydrogen-bond donors (Lipinski definition) is 1. The Morgan fingerprint density at radius 2 is 2.06 bits per heavy atom. The first-order valence-corrected chi connectivity index (χ1v) is 6.69. The van der Waals surface area contributed by atoms with E-state index in [0.29, 0.717) is 5.69 Å². The molecule has 17 heavy (non-hydrogen) atoms. The Balaban J connectivity index is 3.08. The minimum absolute atomic E-state index is 0.142. The first kappa shape index (κ1) is 14.1. The third-order valence-electron chi connectivity index (χ3n) is 2.14. The number of aromatic nitrogens is 2. The zero-order valence-electron chi connectivity index (χ0n) is 10.8. The SMILES string of the molecule is CON(CC(C)(C)C)S(=O)(=O)c1cn[nH]c1C. The molecule has 1 rings (SSSR count). The monoisotopic (exact) mass is 261 g/mol. The molecule has 0 aliphatic rings. The number of nitrogens with zero attached hydrogens (tertiary/aromatic N) is 2. The highest BCUT2D eigenvalue weighted by molar-refractivity contribution is 7.89. The molecule has 0 aliphatic heterocycles. The van der Waals surface area contributed by atoms with Gasteiger partial charge in [-0.25, -0.2) is 8.42 Å². The minimum atomic E-state index is -3.65. The van der Waals surface area contributed by atoms with Crippen LogP contribution in [0, 0.1) is 12.3 Å². The van der Waals surface area contributed by atoms with Crippen LogP contribution in [-0.2, 0) is 14.9 Å². The summed E-state index contributed by atoms with van der Waals surface area (Å²) in [7, 11) is -2.31. The Bertz CT molecular complexity index is 473. The van der Waals surface area contributed by atoms with Crippen LogP contribution >= 0.6 is 0 Å². The molecule has 0 bridgehead atoms. The number of hydrogen-bond acceptors (Lipinski definition) is 4. The van der Waals surface area contributed by atoms with Gasteiger partial charge in [0, 0.05) is 6.54 Å². The van der Waals surface area contributed by atoms with Crippen LogP contribution in [0.1, 0.15) is 26.5 Å². The molecule has 0 radical (unpaired) electrons. The summed E-state index contributed by atoms with van der Waals surface area (Å²) >= 11 is 0. The van der Waals surface area contributed by atoms with Crippen molar-refractivity contribution in [3.63, 3.8) is 0 Å². The molecule has 1 heterocycles. The van der Waals surface area contributed by atoms with E-state index in [2.05, 4.69) is 10.2 Å². The van der Waals surface area contributed by atoms with Crippen LogP contribution in [0.5, 0.6) is 0 Å². The first-order chi connectivity index (χ1) is 7.68. The van der Waals surface area contributed by atoms with Crippen molar-refractivity contribution in [1.82, 2.24) is 14.7 Å². The minimum Gasteiger partial charge on any atom is -0.287 e. The number of rotatable bonds is 4. The van der Waals surface area contributed by atoms with Crippen LogP contribution in [0.4, 0.5) is 0 Å². The summed E-state index contributed by atoms with van der Waals surface area (Å²) < 4.78 is 25.5. The fourth-order valence-electron chi connectivity index (χ4n) is 1.34. The number of nitrogens with one attached hydrogen (secondary N) is 1. The number of sulfonamides is 1. The third kappa shape index (κ3) is 3.27. The molecule has 1 N–H and O–H groups in total. The Labute approximate surface area is 102 Å². The molecule has 0 spiro atoms. The van der Waals surface area contributed by atoms with E-state index in [4.69, 9.17) is 4.84 Å². The molecule has 0 amide bonds. The molecule has 0 saturated carbocycles. The van der Waals surface area contributed by atoms with Crippen molar-refractivity contribution in [2.45, 2.75) is 32.6 Å². The lowest BCUT2D eigenvalue weighted by Crippen LogP contribution is -2.37. The van der Waals surface area contributed by atoms with Crippen molar-refractivity contribution in [1.29, 1.82) is 0 Å². The Hall–Kier alpha value is -0.920. The van der Waals surface area contributed by atoms with E-state index in [9.17, 15) is 8.42 Å². The topological polar surface area (TPSA) is 75.3 Å². The zero-order valence-corrected chi connectivity index (χ0v) is 11.6. The number of aryl methyl sites for hydroxylation is 1. The molecule has 0 unspecified atom stereocenters. The van der Waals surface area contributed by atoms with Crippen LogP contribution < -0.4 is 0 Å². The average molecular weight is 261 g/mol. The standard InChI is InChI=1S/C10H19N3O3S/c1-8-9(6-11-12-8)17(14,15)13(16-5)7-10(2,3)4/h6H,7H2,1-5H3,(H,11,12). The third-order valence-corrected chi connectivity index (χ3v) is 3.92. The second-order valence-electron chi connectivity index (χ2n) is 5.07. The smallest absolute Gasteiger partial charge is 0.268 e.